The highest BCUT2D eigenvalue weighted by Crippen LogP contribution is 2.38. The lowest BCUT2D eigenvalue weighted by atomic mass is 10.0. The number of morpholine rings is 1. The third kappa shape index (κ3) is 3.74. The van der Waals surface area contributed by atoms with Crippen LogP contribution in [-0.2, 0) is 22.3 Å². The molecule has 0 aliphatic carbocycles. The third-order valence-corrected chi connectivity index (χ3v) is 6.29. The molecule has 34 heavy (non-hydrogen) atoms. The predicted octanol–water partition coefficient (Wildman–Crippen LogP) is 3.82. The van der Waals surface area contributed by atoms with Crippen LogP contribution in [0, 0.1) is 0 Å². The molecule has 0 radical (unpaired) electrons. The van der Waals surface area contributed by atoms with Crippen molar-refractivity contribution in [2.75, 3.05) is 18.9 Å². The zero-order chi connectivity index (χ0) is 24.2. The van der Waals surface area contributed by atoms with Crippen molar-refractivity contribution >= 4 is 22.6 Å². The average molecular weight is 473 g/mol. The number of nitrogen functional groups attached to an aromatic ring is 1. The number of pyridine rings is 3. The second-order valence-electron chi connectivity index (χ2n) is 8.51. The van der Waals surface area contributed by atoms with Gasteiger partial charge in [-0.05, 0) is 37.6 Å². The van der Waals surface area contributed by atoms with Gasteiger partial charge in [-0.1, -0.05) is 0 Å². The largest absolute Gasteiger partial charge is 0.417 e. The molecule has 0 spiro atoms. The number of halogens is 3. The summed E-state index contributed by atoms with van der Waals surface area (Å²) in [6.45, 7) is 4.45. The standard InChI is InChI=1S/C23H22F3N5O3/c1-11-8-33-10-19(16-4-3-13(6-28-16)23(24,25)26)31(11)22(32)17-5-14-15-9-34-12(2)20(15)21(27)30-18(14)7-29-17/h3-7,11-12,19H,8-10H2,1-2H3,(H2,27,30)/t11-,12+,19-/m0/s1. The maximum Gasteiger partial charge on any atom is 0.417 e. The summed E-state index contributed by atoms with van der Waals surface area (Å²) in [4.78, 5) is 27.9. The normalized spacial score (nSPS) is 22.7. The van der Waals surface area contributed by atoms with Gasteiger partial charge in [0.05, 0.1) is 61.0 Å². The lowest BCUT2D eigenvalue weighted by molar-refractivity contribution is -0.137. The van der Waals surface area contributed by atoms with Crippen molar-refractivity contribution in [3.05, 3.63) is 58.7 Å². The Morgan fingerprint density at radius 1 is 1.18 bits per heavy atom. The van der Waals surface area contributed by atoms with Gasteiger partial charge >= 0.3 is 6.18 Å². The monoisotopic (exact) mass is 473 g/mol. The van der Waals surface area contributed by atoms with Gasteiger partial charge in [0.1, 0.15) is 11.5 Å². The molecule has 3 aromatic heterocycles. The van der Waals surface area contributed by atoms with Crippen LogP contribution in [0.2, 0.25) is 0 Å². The van der Waals surface area contributed by atoms with E-state index in [2.05, 4.69) is 15.0 Å². The first kappa shape index (κ1) is 22.5. The fourth-order valence-corrected chi connectivity index (χ4v) is 4.58. The number of hydrogen-bond acceptors (Lipinski definition) is 7. The summed E-state index contributed by atoms with van der Waals surface area (Å²) < 4.78 is 50.2. The molecule has 3 aromatic rings. The number of amides is 1. The fraction of sp³-hybridized carbons (Fsp3) is 0.391. The van der Waals surface area contributed by atoms with Crippen LogP contribution in [0.1, 0.15) is 58.9 Å². The minimum atomic E-state index is -4.49. The van der Waals surface area contributed by atoms with Crippen LogP contribution in [0.4, 0.5) is 19.0 Å². The molecule has 8 nitrogen and oxygen atoms in total. The number of aromatic nitrogens is 3. The molecule has 0 bridgehead atoms. The Labute approximate surface area is 192 Å². The summed E-state index contributed by atoms with van der Waals surface area (Å²) in [5.41, 5.74) is 7.98. The Bertz CT molecular complexity index is 1270. The maximum absolute atomic E-state index is 13.6. The van der Waals surface area contributed by atoms with Crippen molar-refractivity contribution in [1.82, 2.24) is 19.9 Å². The van der Waals surface area contributed by atoms with E-state index in [0.29, 0.717) is 23.6 Å². The van der Waals surface area contributed by atoms with E-state index in [4.69, 9.17) is 15.2 Å². The zero-order valence-electron chi connectivity index (χ0n) is 18.5. The summed E-state index contributed by atoms with van der Waals surface area (Å²) in [6.07, 6.45) is -2.43. The lowest BCUT2D eigenvalue weighted by Gasteiger charge is -2.40. The van der Waals surface area contributed by atoms with Crippen LogP contribution in [0.5, 0.6) is 0 Å². The number of hydrogen-bond donors (Lipinski definition) is 1. The van der Waals surface area contributed by atoms with E-state index in [1.54, 1.807) is 11.0 Å². The highest BCUT2D eigenvalue weighted by Gasteiger charge is 2.37. The Kier molecular flexibility index (Phi) is 5.40. The Morgan fingerprint density at radius 2 is 1.97 bits per heavy atom. The first-order valence-corrected chi connectivity index (χ1v) is 10.8. The first-order valence-electron chi connectivity index (χ1n) is 10.8. The highest BCUT2D eigenvalue weighted by molar-refractivity contribution is 5.97. The Balaban J connectivity index is 1.52. The van der Waals surface area contributed by atoms with Crippen LogP contribution >= 0.6 is 0 Å². The first-order chi connectivity index (χ1) is 16.1. The predicted molar refractivity (Wildman–Crippen MR) is 116 cm³/mol. The fourth-order valence-electron chi connectivity index (χ4n) is 4.58. The number of anilines is 1. The summed E-state index contributed by atoms with van der Waals surface area (Å²) >= 11 is 0. The van der Waals surface area contributed by atoms with Gasteiger partial charge in [0.2, 0.25) is 0 Å². The van der Waals surface area contributed by atoms with Gasteiger partial charge in [0.25, 0.3) is 5.91 Å². The molecule has 2 aliphatic rings. The molecule has 5 rings (SSSR count). The average Bonchev–Trinajstić information content (AvgIpc) is 3.20. The summed E-state index contributed by atoms with van der Waals surface area (Å²) in [6, 6.07) is 2.91. The molecule has 0 unspecified atom stereocenters. The number of rotatable bonds is 2. The van der Waals surface area contributed by atoms with E-state index in [1.165, 1.54) is 12.3 Å². The summed E-state index contributed by atoms with van der Waals surface area (Å²) in [7, 11) is 0. The second-order valence-corrected chi connectivity index (χ2v) is 8.51. The summed E-state index contributed by atoms with van der Waals surface area (Å²) in [5, 5.41) is 0.733. The number of nitrogens with zero attached hydrogens (tertiary/aromatic N) is 4. The molecule has 178 valence electrons. The van der Waals surface area contributed by atoms with Crippen LogP contribution in [0.3, 0.4) is 0 Å². The number of carbonyl (C=O) groups excluding carboxylic acids is 1. The highest BCUT2D eigenvalue weighted by atomic mass is 19.4. The lowest BCUT2D eigenvalue weighted by Crippen LogP contribution is -2.49. The van der Waals surface area contributed by atoms with Gasteiger partial charge in [-0.25, -0.2) is 9.97 Å². The molecule has 1 amide bonds. The van der Waals surface area contributed by atoms with E-state index >= 15 is 0 Å². The second kappa shape index (κ2) is 8.17. The number of fused-ring (bicyclic) bond motifs is 3. The molecule has 11 heteroatoms. The van der Waals surface area contributed by atoms with Crippen molar-refractivity contribution < 1.29 is 27.4 Å². The maximum atomic E-state index is 13.6. The number of carbonyl (C=O) groups is 1. The van der Waals surface area contributed by atoms with E-state index in [-0.39, 0.29) is 37.0 Å². The van der Waals surface area contributed by atoms with Crippen LogP contribution in [0.15, 0.2) is 30.6 Å². The van der Waals surface area contributed by atoms with E-state index in [0.717, 1.165) is 28.8 Å². The van der Waals surface area contributed by atoms with Crippen molar-refractivity contribution in [3.63, 3.8) is 0 Å². The molecule has 2 N–H and O–H groups in total. The minimum absolute atomic E-state index is 0.112. The molecule has 0 saturated carbocycles. The molecular formula is C23H22F3N5O3. The van der Waals surface area contributed by atoms with E-state index in [9.17, 15) is 18.0 Å². The van der Waals surface area contributed by atoms with Crippen LogP contribution < -0.4 is 5.73 Å². The van der Waals surface area contributed by atoms with Gasteiger partial charge < -0.3 is 20.1 Å². The van der Waals surface area contributed by atoms with Crippen LogP contribution in [0.25, 0.3) is 10.9 Å². The minimum Gasteiger partial charge on any atom is -0.383 e. The van der Waals surface area contributed by atoms with Crippen molar-refractivity contribution in [2.24, 2.45) is 0 Å². The number of ether oxygens (including phenoxy) is 2. The van der Waals surface area contributed by atoms with Crippen molar-refractivity contribution in [2.45, 2.75) is 44.8 Å². The topological polar surface area (TPSA) is 103 Å². The van der Waals surface area contributed by atoms with E-state index in [1.807, 2.05) is 13.8 Å². The zero-order valence-corrected chi connectivity index (χ0v) is 18.5. The van der Waals surface area contributed by atoms with Gasteiger partial charge in [0, 0.05) is 17.1 Å². The van der Waals surface area contributed by atoms with Crippen molar-refractivity contribution in [1.29, 1.82) is 0 Å². The van der Waals surface area contributed by atoms with Gasteiger partial charge in [-0.2, -0.15) is 13.2 Å². The van der Waals surface area contributed by atoms with Gasteiger partial charge in [-0.15, -0.1) is 0 Å². The number of alkyl halides is 3. The molecule has 3 atom stereocenters. The molecule has 1 saturated heterocycles. The van der Waals surface area contributed by atoms with Gasteiger partial charge in [-0.3, -0.25) is 9.78 Å². The Hall–Kier alpha value is -3.31. The molecule has 2 aliphatic heterocycles. The van der Waals surface area contributed by atoms with E-state index < -0.39 is 17.8 Å². The van der Waals surface area contributed by atoms with Gasteiger partial charge in [0.15, 0.2) is 0 Å². The molecule has 1 fully saturated rings. The third-order valence-electron chi connectivity index (χ3n) is 6.29. The molecular weight excluding hydrogens is 451 g/mol. The molecule has 5 heterocycles. The quantitative estimate of drug-likeness (QED) is 0.604. The number of nitrogens with two attached hydrogens (primary N) is 1. The van der Waals surface area contributed by atoms with Crippen LogP contribution in [-0.4, -0.2) is 45.0 Å². The summed E-state index contributed by atoms with van der Waals surface area (Å²) in [5.74, 6) is 0.00515. The SMILES string of the molecule is C[C@H]1OCc2c1c(N)nc1cnc(C(=O)N3[C@@H](C)COC[C@H]3c3ccc(C(F)(F)F)cn3)cc21. The Morgan fingerprint density at radius 3 is 2.68 bits per heavy atom. The molecule has 0 aromatic carbocycles. The smallest absolute Gasteiger partial charge is 0.383 e. The van der Waals surface area contributed by atoms with Crippen molar-refractivity contribution in [3.8, 4) is 0 Å².